The summed E-state index contributed by atoms with van der Waals surface area (Å²) in [6, 6.07) is 8.39. The van der Waals surface area contributed by atoms with Crippen LogP contribution in [-0.2, 0) is 6.54 Å². The molecule has 2 nitrogen and oxygen atoms in total. The van der Waals surface area contributed by atoms with E-state index in [2.05, 4.69) is 42.0 Å². The van der Waals surface area contributed by atoms with Gasteiger partial charge in [-0.15, -0.1) is 11.8 Å². The number of aromatic nitrogens is 1. The second-order valence-electron chi connectivity index (χ2n) is 3.38. The van der Waals surface area contributed by atoms with Gasteiger partial charge in [-0.3, -0.25) is 0 Å². The van der Waals surface area contributed by atoms with Gasteiger partial charge in [0.25, 0.3) is 0 Å². The molecule has 0 spiro atoms. The summed E-state index contributed by atoms with van der Waals surface area (Å²) in [6.45, 7) is 3.35. The lowest BCUT2D eigenvalue weighted by atomic mass is 10.2. The molecule has 3 heteroatoms. The van der Waals surface area contributed by atoms with E-state index in [4.69, 9.17) is 5.11 Å². The average molecular weight is 221 g/mol. The lowest BCUT2D eigenvalue weighted by molar-refractivity contribution is 0.322. The third-order valence-corrected chi connectivity index (χ3v) is 3.53. The Morgan fingerprint density at radius 2 is 2.13 bits per heavy atom. The number of rotatable bonds is 4. The Hall–Kier alpha value is -0.930. The van der Waals surface area contributed by atoms with Gasteiger partial charge < -0.3 is 9.67 Å². The zero-order valence-electron chi connectivity index (χ0n) is 8.81. The Bertz CT molecular complexity index is 450. The number of hydrogen-bond donors (Lipinski definition) is 1. The molecule has 15 heavy (non-hydrogen) atoms. The first-order valence-corrected chi connectivity index (χ1v) is 6.17. The minimum atomic E-state index is 0.230. The minimum absolute atomic E-state index is 0.230. The Morgan fingerprint density at radius 3 is 2.87 bits per heavy atom. The summed E-state index contributed by atoms with van der Waals surface area (Å²) in [6.07, 6.45) is 2.18. The maximum absolute atomic E-state index is 8.87. The van der Waals surface area contributed by atoms with Gasteiger partial charge in [-0.1, -0.05) is 24.3 Å². The summed E-state index contributed by atoms with van der Waals surface area (Å²) >= 11 is 1.72. The van der Waals surface area contributed by atoms with Gasteiger partial charge in [-0.25, -0.2) is 0 Å². The predicted octanol–water partition coefficient (Wildman–Crippen LogP) is 2.75. The maximum atomic E-state index is 8.87. The van der Waals surface area contributed by atoms with Crippen LogP contribution in [0.25, 0.3) is 10.8 Å². The van der Waals surface area contributed by atoms with Crippen LogP contribution < -0.4 is 0 Å². The first-order valence-electron chi connectivity index (χ1n) is 5.18. The SMILES string of the molecule is CCn1cc2ccccc2c1SCCO. The highest BCUT2D eigenvalue weighted by Gasteiger charge is 2.07. The van der Waals surface area contributed by atoms with Crippen LogP contribution in [0, 0.1) is 0 Å². The average Bonchev–Trinajstić information content (AvgIpc) is 2.64. The van der Waals surface area contributed by atoms with E-state index in [-0.39, 0.29) is 6.61 Å². The van der Waals surface area contributed by atoms with Crippen molar-refractivity contribution < 1.29 is 5.11 Å². The van der Waals surface area contributed by atoms with Gasteiger partial charge in [0.2, 0.25) is 0 Å². The van der Waals surface area contributed by atoms with Crippen LogP contribution in [0.15, 0.2) is 35.5 Å². The number of hydrogen-bond acceptors (Lipinski definition) is 2. The smallest absolute Gasteiger partial charge is 0.0828 e. The standard InChI is InChI=1S/C12H15NOS/c1-2-13-9-10-5-3-4-6-11(10)12(13)15-8-7-14/h3-6,9,14H,2,7-8H2,1H3. The quantitative estimate of drug-likeness (QED) is 0.803. The highest BCUT2D eigenvalue weighted by molar-refractivity contribution is 7.99. The molecule has 80 valence electrons. The molecule has 0 atom stereocenters. The Kier molecular flexibility index (Phi) is 3.34. The fraction of sp³-hybridized carbons (Fsp3) is 0.333. The number of fused-ring (bicyclic) bond motifs is 1. The number of aliphatic hydroxyl groups is 1. The molecular formula is C12H15NOS. The molecule has 1 heterocycles. The lowest BCUT2D eigenvalue weighted by Crippen LogP contribution is -1.95. The molecule has 0 aliphatic carbocycles. The summed E-state index contributed by atoms with van der Waals surface area (Å²) in [5.74, 6) is 0.758. The third-order valence-electron chi connectivity index (χ3n) is 2.42. The molecule has 2 aromatic rings. The van der Waals surface area contributed by atoms with E-state index in [1.165, 1.54) is 15.8 Å². The molecule has 1 aromatic carbocycles. The molecule has 2 rings (SSSR count). The summed E-state index contributed by atoms with van der Waals surface area (Å²) in [5, 5.41) is 12.7. The van der Waals surface area contributed by atoms with Crippen molar-refractivity contribution in [3.8, 4) is 0 Å². The first-order chi connectivity index (χ1) is 7.36. The lowest BCUT2D eigenvalue weighted by Gasteiger charge is -2.05. The topological polar surface area (TPSA) is 25.2 Å². The van der Waals surface area contributed by atoms with Crippen molar-refractivity contribution in [2.75, 3.05) is 12.4 Å². The number of aliphatic hydroxyl groups excluding tert-OH is 1. The second kappa shape index (κ2) is 4.73. The van der Waals surface area contributed by atoms with E-state index in [0.29, 0.717) is 0 Å². The van der Waals surface area contributed by atoms with Gasteiger partial charge in [0.1, 0.15) is 0 Å². The third kappa shape index (κ3) is 2.03. The van der Waals surface area contributed by atoms with Gasteiger partial charge >= 0.3 is 0 Å². The van der Waals surface area contributed by atoms with Crippen LogP contribution in [0.4, 0.5) is 0 Å². The Morgan fingerprint density at radius 1 is 1.33 bits per heavy atom. The number of benzene rings is 1. The van der Waals surface area contributed by atoms with Crippen molar-refractivity contribution in [2.24, 2.45) is 0 Å². The summed E-state index contributed by atoms with van der Waals surface area (Å²) in [7, 11) is 0. The number of aryl methyl sites for hydroxylation is 1. The number of nitrogens with zero attached hydrogens (tertiary/aromatic N) is 1. The van der Waals surface area contributed by atoms with Crippen LogP contribution in [0.3, 0.4) is 0 Å². The van der Waals surface area contributed by atoms with E-state index in [1.54, 1.807) is 11.8 Å². The molecule has 0 aliphatic rings. The minimum Gasteiger partial charge on any atom is -0.396 e. The first kappa shape index (κ1) is 10.6. The van der Waals surface area contributed by atoms with Crippen LogP contribution in [-0.4, -0.2) is 22.0 Å². The molecule has 1 N–H and O–H groups in total. The maximum Gasteiger partial charge on any atom is 0.0828 e. The molecule has 0 amide bonds. The van der Waals surface area contributed by atoms with Crippen LogP contribution in [0.1, 0.15) is 6.92 Å². The zero-order valence-corrected chi connectivity index (χ0v) is 9.63. The van der Waals surface area contributed by atoms with Crippen molar-refractivity contribution in [1.29, 1.82) is 0 Å². The monoisotopic (exact) mass is 221 g/mol. The molecule has 1 aromatic heterocycles. The van der Waals surface area contributed by atoms with Gasteiger partial charge in [0.15, 0.2) is 0 Å². The van der Waals surface area contributed by atoms with Crippen molar-refractivity contribution in [1.82, 2.24) is 4.57 Å². The summed E-state index contributed by atoms with van der Waals surface area (Å²) in [5.41, 5.74) is 0. The molecule has 0 aliphatic heterocycles. The molecule has 0 radical (unpaired) electrons. The van der Waals surface area contributed by atoms with Crippen molar-refractivity contribution >= 4 is 22.5 Å². The van der Waals surface area contributed by atoms with Crippen molar-refractivity contribution in [2.45, 2.75) is 18.5 Å². The predicted molar refractivity (Wildman–Crippen MR) is 65.4 cm³/mol. The van der Waals surface area contributed by atoms with E-state index in [9.17, 15) is 0 Å². The van der Waals surface area contributed by atoms with Crippen LogP contribution in [0.5, 0.6) is 0 Å². The molecule has 0 fully saturated rings. The van der Waals surface area contributed by atoms with Crippen LogP contribution >= 0.6 is 11.8 Å². The zero-order chi connectivity index (χ0) is 10.7. The fourth-order valence-corrected chi connectivity index (χ4v) is 2.70. The molecule has 0 saturated heterocycles. The molecular weight excluding hydrogens is 206 g/mol. The fourth-order valence-electron chi connectivity index (χ4n) is 1.72. The van der Waals surface area contributed by atoms with E-state index >= 15 is 0 Å². The van der Waals surface area contributed by atoms with E-state index in [0.717, 1.165) is 12.3 Å². The highest BCUT2D eigenvalue weighted by atomic mass is 32.2. The van der Waals surface area contributed by atoms with Gasteiger partial charge in [0.05, 0.1) is 11.6 Å². The van der Waals surface area contributed by atoms with Gasteiger partial charge in [-0.05, 0) is 6.92 Å². The van der Waals surface area contributed by atoms with Gasteiger partial charge in [0, 0.05) is 29.3 Å². The summed E-state index contributed by atoms with van der Waals surface area (Å²) < 4.78 is 2.24. The van der Waals surface area contributed by atoms with Crippen molar-refractivity contribution in [3.05, 3.63) is 30.5 Å². The highest BCUT2D eigenvalue weighted by Crippen LogP contribution is 2.29. The Balaban J connectivity index is 2.47. The molecule has 0 bridgehead atoms. The molecule has 0 saturated carbocycles. The number of thioether (sulfide) groups is 1. The van der Waals surface area contributed by atoms with Crippen molar-refractivity contribution in [3.63, 3.8) is 0 Å². The summed E-state index contributed by atoms with van der Waals surface area (Å²) in [4.78, 5) is 0. The largest absolute Gasteiger partial charge is 0.396 e. The van der Waals surface area contributed by atoms with Gasteiger partial charge in [-0.2, -0.15) is 0 Å². The van der Waals surface area contributed by atoms with E-state index < -0.39 is 0 Å². The Labute approximate surface area is 93.9 Å². The second-order valence-corrected chi connectivity index (χ2v) is 4.46. The normalized spacial score (nSPS) is 11.1. The van der Waals surface area contributed by atoms with Crippen LogP contribution in [0.2, 0.25) is 0 Å². The molecule has 0 unspecified atom stereocenters. The van der Waals surface area contributed by atoms with E-state index in [1.807, 2.05) is 0 Å².